The summed E-state index contributed by atoms with van der Waals surface area (Å²) in [6.07, 6.45) is 5.68. The van der Waals surface area contributed by atoms with Crippen molar-refractivity contribution in [1.82, 2.24) is 4.90 Å². The van der Waals surface area contributed by atoms with Crippen molar-refractivity contribution >= 4 is 11.8 Å². The molecule has 0 bridgehead atoms. The highest BCUT2D eigenvalue weighted by molar-refractivity contribution is 5.76. The molecule has 1 fully saturated rings. The average Bonchev–Trinajstić information content (AvgIpc) is 2.51. The lowest BCUT2D eigenvalue weighted by molar-refractivity contribution is -0.141. The first-order chi connectivity index (χ1) is 8.13. The van der Waals surface area contributed by atoms with Gasteiger partial charge in [-0.2, -0.15) is 0 Å². The number of hydrogen-bond donors (Lipinski definition) is 0. The standard InChI is InChI=1S/C13H23NO3/c1-11(15)10-12-6-4-3-5-8-14(12)9-7-13(16)17-2/h12H,3-10H2,1-2H3. The predicted octanol–water partition coefficient (Wildman–Crippen LogP) is 1.77. The van der Waals surface area contributed by atoms with Gasteiger partial charge in [0, 0.05) is 19.0 Å². The second kappa shape index (κ2) is 7.43. The van der Waals surface area contributed by atoms with E-state index in [1.807, 2.05) is 0 Å². The van der Waals surface area contributed by atoms with E-state index in [2.05, 4.69) is 9.64 Å². The maximum absolute atomic E-state index is 11.2. The van der Waals surface area contributed by atoms with Crippen LogP contribution in [0.4, 0.5) is 0 Å². The molecule has 1 aliphatic heterocycles. The molecule has 4 nitrogen and oxygen atoms in total. The third-order valence-corrected chi connectivity index (χ3v) is 3.35. The maximum atomic E-state index is 11.2. The van der Waals surface area contributed by atoms with E-state index in [0.29, 0.717) is 25.4 Å². The lowest BCUT2D eigenvalue weighted by Crippen LogP contribution is -2.37. The van der Waals surface area contributed by atoms with E-state index in [9.17, 15) is 9.59 Å². The third kappa shape index (κ3) is 5.31. The molecule has 1 atom stereocenters. The highest BCUT2D eigenvalue weighted by Crippen LogP contribution is 2.19. The van der Waals surface area contributed by atoms with E-state index >= 15 is 0 Å². The summed E-state index contributed by atoms with van der Waals surface area (Å²) in [5, 5.41) is 0. The molecule has 0 aromatic carbocycles. The van der Waals surface area contributed by atoms with Crippen LogP contribution in [0.3, 0.4) is 0 Å². The summed E-state index contributed by atoms with van der Waals surface area (Å²) in [6, 6.07) is 0.319. The van der Waals surface area contributed by atoms with Crippen molar-refractivity contribution in [3.05, 3.63) is 0 Å². The lowest BCUT2D eigenvalue weighted by atomic mass is 10.0. The molecule has 4 heteroatoms. The summed E-state index contributed by atoms with van der Waals surface area (Å²) in [5.41, 5.74) is 0. The number of ketones is 1. The monoisotopic (exact) mass is 241 g/mol. The summed E-state index contributed by atoms with van der Waals surface area (Å²) in [5.74, 6) is 0.0655. The number of carbonyl (C=O) groups excluding carboxylic acids is 2. The zero-order valence-corrected chi connectivity index (χ0v) is 10.9. The Balaban J connectivity index is 2.49. The molecule has 1 aliphatic rings. The van der Waals surface area contributed by atoms with Gasteiger partial charge in [-0.3, -0.25) is 14.5 Å². The van der Waals surface area contributed by atoms with Crippen LogP contribution in [0.1, 0.15) is 45.4 Å². The topological polar surface area (TPSA) is 46.6 Å². The molecule has 0 N–H and O–H groups in total. The molecule has 1 rings (SSSR count). The molecule has 1 unspecified atom stereocenters. The van der Waals surface area contributed by atoms with Crippen molar-refractivity contribution < 1.29 is 14.3 Å². The molecule has 17 heavy (non-hydrogen) atoms. The fourth-order valence-corrected chi connectivity index (χ4v) is 2.43. The molecule has 0 aromatic rings. The van der Waals surface area contributed by atoms with E-state index in [4.69, 9.17) is 0 Å². The van der Waals surface area contributed by atoms with Gasteiger partial charge in [-0.1, -0.05) is 12.8 Å². The summed E-state index contributed by atoms with van der Waals surface area (Å²) in [7, 11) is 1.41. The first kappa shape index (κ1) is 14.2. The minimum atomic E-state index is -0.171. The first-order valence-corrected chi connectivity index (χ1v) is 6.43. The van der Waals surface area contributed by atoms with Crippen molar-refractivity contribution in [2.45, 2.75) is 51.5 Å². The van der Waals surface area contributed by atoms with Gasteiger partial charge in [0.25, 0.3) is 0 Å². The van der Waals surface area contributed by atoms with E-state index < -0.39 is 0 Å². The van der Waals surface area contributed by atoms with Crippen molar-refractivity contribution in [2.24, 2.45) is 0 Å². The number of rotatable bonds is 5. The van der Waals surface area contributed by atoms with Crippen molar-refractivity contribution in [2.75, 3.05) is 20.2 Å². The first-order valence-electron chi connectivity index (χ1n) is 6.43. The van der Waals surface area contributed by atoms with Crippen LogP contribution in [0.25, 0.3) is 0 Å². The Hall–Kier alpha value is -0.900. The highest BCUT2D eigenvalue weighted by Gasteiger charge is 2.22. The number of esters is 1. The lowest BCUT2D eigenvalue weighted by Gasteiger charge is -2.28. The van der Waals surface area contributed by atoms with Crippen LogP contribution in [0.5, 0.6) is 0 Å². The van der Waals surface area contributed by atoms with Crippen LogP contribution in [0, 0.1) is 0 Å². The fraction of sp³-hybridized carbons (Fsp3) is 0.846. The molecule has 1 saturated heterocycles. The average molecular weight is 241 g/mol. The minimum Gasteiger partial charge on any atom is -0.469 e. The molecule has 0 spiro atoms. The van der Waals surface area contributed by atoms with Gasteiger partial charge in [0.15, 0.2) is 0 Å². The van der Waals surface area contributed by atoms with Crippen LogP contribution in [0.2, 0.25) is 0 Å². The molecular formula is C13H23NO3. The summed E-state index contributed by atoms with van der Waals surface area (Å²) < 4.78 is 4.66. The van der Waals surface area contributed by atoms with E-state index in [1.165, 1.54) is 20.0 Å². The van der Waals surface area contributed by atoms with Gasteiger partial charge in [0.1, 0.15) is 5.78 Å². The zero-order chi connectivity index (χ0) is 12.7. The van der Waals surface area contributed by atoms with Crippen molar-refractivity contribution in [1.29, 1.82) is 0 Å². The van der Waals surface area contributed by atoms with Crippen LogP contribution in [-0.2, 0) is 14.3 Å². The number of carbonyl (C=O) groups is 2. The highest BCUT2D eigenvalue weighted by atomic mass is 16.5. The van der Waals surface area contributed by atoms with Gasteiger partial charge < -0.3 is 4.74 Å². The molecule has 0 saturated carbocycles. The Morgan fingerprint density at radius 3 is 2.71 bits per heavy atom. The molecule has 1 heterocycles. The Kier molecular flexibility index (Phi) is 6.19. The van der Waals surface area contributed by atoms with Gasteiger partial charge >= 0.3 is 5.97 Å². The summed E-state index contributed by atoms with van der Waals surface area (Å²) in [6.45, 7) is 3.35. The van der Waals surface area contributed by atoms with E-state index in [-0.39, 0.29) is 11.8 Å². The number of nitrogens with zero attached hydrogens (tertiary/aromatic N) is 1. The number of hydrogen-bond acceptors (Lipinski definition) is 4. The van der Waals surface area contributed by atoms with Gasteiger partial charge in [-0.05, 0) is 26.3 Å². The van der Waals surface area contributed by atoms with Crippen molar-refractivity contribution in [3.8, 4) is 0 Å². The number of Topliss-reactive ketones (excluding diaryl/α,β-unsaturated/α-hetero) is 1. The van der Waals surface area contributed by atoms with E-state index in [1.54, 1.807) is 6.92 Å². The molecule has 98 valence electrons. The van der Waals surface area contributed by atoms with Crippen LogP contribution in [-0.4, -0.2) is 42.9 Å². The van der Waals surface area contributed by atoms with Gasteiger partial charge in [0.2, 0.25) is 0 Å². The second-order valence-corrected chi connectivity index (χ2v) is 4.77. The largest absolute Gasteiger partial charge is 0.469 e. The van der Waals surface area contributed by atoms with Gasteiger partial charge in [-0.25, -0.2) is 0 Å². The number of likely N-dealkylation sites (tertiary alicyclic amines) is 1. The van der Waals surface area contributed by atoms with Crippen LogP contribution in [0.15, 0.2) is 0 Å². The third-order valence-electron chi connectivity index (χ3n) is 3.35. The quantitative estimate of drug-likeness (QED) is 0.688. The summed E-state index contributed by atoms with van der Waals surface area (Å²) in [4.78, 5) is 24.7. The van der Waals surface area contributed by atoms with E-state index in [0.717, 1.165) is 19.4 Å². The number of ether oxygens (including phenoxy) is 1. The predicted molar refractivity (Wildman–Crippen MR) is 65.8 cm³/mol. The Bertz CT molecular complexity index is 265. The molecular weight excluding hydrogens is 218 g/mol. The van der Waals surface area contributed by atoms with Crippen LogP contribution >= 0.6 is 0 Å². The van der Waals surface area contributed by atoms with Crippen molar-refractivity contribution in [3.63, 3.8) is 0 Å². The smallest absolute Gasteiger partial charge is 0.306 e. The molecule has 0 amide bonds. The Morgan fingerprint density at radius 1 is 1.29 bits per heavy atom. The Morgan fingerprint density at radius 2 is 2.06 bits per heavy atom. The number of methoxy groups -OCH3 is 1. The Labute approximate surface area is 103 Å². The van der Waals surface area contributed by atoms with Gasteiger partial charge in [0.05, 0.1) is 13.5 Å². The minimum absolute atomic E-state index is 0.171. The molecule has 0 radical (unpaired) electrons. The SMILES string of the molecule is COC(=O)CCN1CCCCCC1CC(C)=O. The normalized spacial score (nSPS) is 21.9. The summed E-state index contributed by atoms with van der Waals surface area (Å²) >= 11 is 0. The maximum Gasteiger partial charge on any atom is 0.306 e. The molecule has 0 aliphatic carbocycles. The van der Waals surface area contributed by atoms with Gasteiger partial charge in [-0.15, -0.1) is 0 Å². The molecule has 0 aromatic heterocycles. The fourth-order valence-electron chi connectivity index (χ4n) is 2.43. The van der Waals surface area contributed by atoms with Crippen LogP contribution < -0.4 is 0 Å². The second-order valence-electron chi connectivity index (χ2n) is 4.77. The zero-order valence-electron chi connectivity index (χ0n) is 10.9.